The predicted octanol–water partition coefficient (Wildman–Crippen LogP) is 0.428. The molecule has 0 radical (unpaired) electrons. The lowest BCUT2D eigenvalue weighted by atomic mass is 10.2. The van der Waals surface area contributed by atoms with Crippen LogP contribution in [0.4, 0.5) is 17.8 Å². The van der Waals surface area contributed by atoms with Crippen molar-refractivity contribution in [3.05, 3.63) is 17.5 Å². The highest BCUT2D eigenvalue weighted by molar-refractivity contribution is 5.41. The normalized spacial score (nSPS) is 10.6. The smallest absolute Gasteiger partial charge is 0.231 e. The van der Waals surface area contributed by atoms with Gasteiger partial charge >= 0.3 is 0 Å². The first-order chi connectivity index (χ1) is 9.49. The molecular formula is C12H20N8. The Balaban J connectivity index is 2.14. The third-order valence-electron chi connectivity index (χ3n) is 2.80. The van der Waals surface area contributed by atoms with Crippen molar-refractivity contribution in [2.24, 2.45) is 7.05 Å². The lowest BCUT2D eigenvalue weighted by Gasteiger charge is -2.12. The summed E-state index contributed by atoms with van der Waals surface area (Å²) in [6, 6.07) is 0. The molecule has 0 aromatic carbocycles. The topological polar surface area (TPSA) is 97.8 Å². The molecule has 0 atom stereocenters. The van der Waals surface area contributed by atoms with E-state index in [0.717, 1.165) is 17.7 Å². The van der Waals surface area contributed by atoms with E-state index in [-0.39, 0.29) is 5.95 Å². The number of aryl methyl sites for hydroxylation is 2. The van der Waals surface area contributed by atoms with Gasteiger partial charge in [0.2, 0.25) is 17.8 Å². The number of anilines is 3. The summed E-state index contributed by atoms with van der Waals surface area (Å²) in [6.07, 6.45) is 2.88. The predicted molar refractivity (Wildman–Crippen MR) is 78.5 cm³/mol. The standard InChI is InChI=1S/C12H20N8/c1-5-9-8(7-20(4)18-9)6-14-11-15-10(13)16-12(17-11)19(2)3/h7H,5-6H2,1-4H3,(H3,13,14,15,16,17). The van der Waals surface area contributed by atoms with Crippen molar-refractivity contribution in [3.63, 3.8) is 0 Å². The van der Waals surface area contributed by atoms with Crippen molar-refractivity contribution >= 4 is 17.8 Å². The largest absolute Gasteiger partial charge is 0.368 e. The summed E-state index contributed by atoms with van der Waals surface area (Å²) in [5, 5.41) is 7.56. The second-order valence-corrected chi connectivity index (χ2v) is 4.69. The molecule has 0 spiro atoms. The maximum absolute atomic E-state index is 5.68. The van der Waals surface area contributed by atoms with E-state index in [0.29, 0.717) is 18.4 Å². The van der Waals surface area contributed by atoms with Crippen molar-refractivity contribution in [1.29, 1.82) is 0 Å². The quantitative estimate of drug-likeness (QED) is 0.817. The van der Waals surface area contributed by atoms with Crippen molar-refractivity contribution < 1.29 is 0 Å². The van der Waals surface area contributed by atoms with Gasteiger partial charge in [0.15, 0.2) is 0 Å². The lowest BCUT2D eigenvalue weighted by molar-refractivity contribution is 0.746. The molecule has 3 N–H and O–H groups in total. The van der Waals surface area contributed by atoms with Gasteiger partial charge in [-0.05, 0) is 6.42 Å². The van der Waals surface area contributed by atoms with Gasteiger partial charge in [0.25, 0.3) is 0 Å². The number of nitrogens with zero attached hydrogens (tertiary/aromatic N) is 6. The average molecular weight is 276 g/mol. The van der Waals surface area contributed by atoms with E-state index < -0.39 is 0 Å². The third kappa shape index (κ3) is 3.14. The zero-order valence-corrected chi connectivity index (χ0v) is 12.3. The van der Waals surface area contributed by atoms with E-state index in [1.165, 1.54) is 0 Å². The average Bonchev–Trinajstić information content (AvgIpc) is 2.76. The first kappa shape index (κ1) is 14.0. The Labute approximate surface area is 118 Å². The molecule has 2 heterocycles. The second kappa shape index (κ2) is 5.72. The summed E-state index contributed by atoms with van der Waals surface area (Å²) in [5.41, 5.74) is 7.87. The van der Waals surface area contributed by atoms with E-state index in [9.17, 15) is 0 Å². The highest BCUT2D eigenvalue weighted by Crippen LogP contribution is 2.12. The van der Waals surface area contributed by atoms with E-state index >= 15 is 0 Å². The van der Waals surface area contributed by atoms with Gasteiger partial charge in [-0.1, -0.05) is 6.92 Å². The van der Waals surface area contributed by atoms with Gasteiger partial charge in [0, 0.05) is 39.4 Å². The van der Waals surface area contributed by atoms with Crippen LogP contribution in [0, 0.1) is 0 Å². The van der Waals surface area contributed by atoms with Crippen LogP contribution in [-0.4, -0.2) is 38.8 Å². The van der Waals surface area contributed by atoms with Crippen LogP contribution in [0.2, 0.25) is 0 Å². The molecule has 0 bridgehead atoms. The maximum Gasteiger partial charge on any atom is 0.231 e. The number of nitrogen functional groups attached to an aromatic ring is 1. The summed E-state index contributed by atoms with van der Waals surface area (Å²) in [7, 11) is 5.62. The number of hydrogen-bond acceptors (Lipinski definition) is 7. The SMILES string of the molecule is CCc1nn(C)cc1CNc1nc(N)nc(N(C)C)n1. The Morgan fingerprint density at radius 2 is 2.05 bits per heavy atom. The molecular weight excluding hydrogens is 256 g/mol. The molecule has 0 unspecified atom stereocenters. The van der Waals surface area contributed by atoms with Gasteiger partial charge < -0.3 is 16.0 Å². The highest BCUT2D eigenvalue weighted by Gasteiger charge is 2.09. The van der Waals surface area contributed by atoms with Crippen LogP contribution in [0.1, 0.15) is 18.2 Å². The molecule has 8 nitrogen and oxygen atoms in total. The van der Waals surface area contributed by atoms with Gasteiger partial charge in [0.05, 0.1) is 5.69 Å². The molecule has 0 aliphatic rings. The highest BCUT2D eigenvalue weighted by atomic mass is 15.3. The van der Waals surface area contributed by atoms with Crippen LogP contribution in [0.5, 0.6) is 0 Å². The van der Waals surface area contributed by atoms with Crippen molar-refractivity contribution in [1.82, 2.24) is 24.7 Å². The Morgan fingerprint density at radius 1 is 1.30 bits per heavy atom. The van der Waals surface area contributed by atoms with Crippen molar-refractivity contribution in [2.45, 2.75) is 19.9 Å². The Kier molecular flexibility index (Phi) is 4.02. The van der Waals surface area contributed by atoms with Crippen LogP contribution in [0.25, 0.3) is 0 Å². The molecule has 108 valence electrons. The minimum Gasteiger partial charge on any atom is -0.368 e. The fourth-order valence-corrected chi connectivity index (χ4v) is 1.86. The number of aromatic nitrogens is 5. The molecule has 0 amide bonds. The van der Waals surface area contributed by atoms with Crippen LogP contribution in [0.15, 0.2) is 6.20 Å². The summed E-state index contributed by atoms with van der Waals surface area (Å²) in [6.45, 7) is 2.68. The summed E-state index contributed by atoms with van der Waals surface area (Å²) >= 11 is 0. The molecule has 0 saturated heterocycles. The minimum absolute atomic E-state index is 0.202. The lowest BCUT2D eigenvalue weighted by Crippen LogP contribution is -2.16. The fourth-order valence-electron chi connectivity index (χ4n) is 1.86. The molecule has 8 heteroatoms. The Bertz CT molecular complexity index is 589. The van der Waals surface area contributed by atoms with Crippen LogP contribution >= 0.6 is 0 Å². The molecule has 0 aliphatic heterocycles. The number of nitrogens with one attached hydrogen (secondary N) is 1. The molecule has 20 heavy (non-hydrogen) atoms. The van der Waals surface area contributed by atoms with E-state index in [1.807, 2.05) is 32.0 Å². The van der Waals surface area contributed by atoms with Crippen molar-refractivity contribution in [3.8, 4) is 0 Å². The van der Waals surface area contributed by atoms with Crippen LogP contribution in [-0.2, 0) is 20.0 Å². The van der Waals surface area contributed by atoms with Gasteiger partial charge in [-0.2, -0.15) is 20.1 Å². The van der Waals surface area contributed by atoms with E-state index in [1.54, 1.807) is 4.90 Å². The number of hydrogen-bond donors (Lipinski definition) is 2. The number of nitrogens with two attached hydrogens (primary N) is 1. The first-order valence-electron chi connectivity index (χ1n) is 6.43. The Hall–Kier alpha value is -2.38. The molecule has 2 aromatic heterocycles. The summed E-state index contributed by atoms with van der Waals surface area (Å²) in [5.74, 6) is 1.20. The monoisotopic (exact) mass is 276 g/mol. The minimum atomic E-state index is 0.202. The van der Waals surface area contributed by atoms with Crippen LogP contribution in [0.3, 0.4) is 0 Å². The molecule has 2 aromatic rings. The van der Waals surface area contributed by atoms with E-state index in [4.69, 9.17) is 5.73 Å². The second-order valence-electron chi connectivity index (χ2n) is 4.69. The molecule has 0 fully saturated rings. The zero-order chi connectivity index (χ0) is 14.7. The van der Waals surface area contributed by atoms with Gasteiger partial charge in [-0.15, -0.1) is 0 Å². The number of rotatable bonds is 5. The zero-order valence-electron chi connectivity index (χ0n) is 12.3. The van der Waals surface area contributed by atoms with E-state index in [2.05, 4.69) is 32.3 Å². The van der Waals surface area contributed by atoms with Gasteiger partial charge in [0.1, 0.15) is 0 Å². The Morgan fingerprint density at radius 3 is 2.70 bits per heavy atom. The molecule has 0 saturated carbocycles. The van der Waals surface area contributed by atoms with Gasteiger partial charge in [-0.25, -0.2) is 0 Å². The summed E-state index contributed by atoms with van der Waals surface area (Å²) < 4.78 is 1.81. The molecule has 0 aliphatic carbocycles. The molecule has 2 rings (SSSR count). The van der Waals surface area contributed by atoms with Crippen molar-refractivity contribution in [2.75, 3.05) is 30.0 Å². The maximum atomic E-state index is 5.68. The van der Waals surface area contributed by atoms with Gasteiger partial charge in [-0.3, -0.25) is 4.68 Å². The van der Waals surface area contributed by atoms with Crippen LogP contribution < -0.4 is 16.0 Å². The fraction of sp³-hybridized carbons (Fsp3) is 0.500. The summed E-state index contributed by atoms with van der Waals surface area (Å²) in [4.78, 5) is 14.2. The first-order valence-corrected chi connectivity index (χ1v) is 6.43. The third-order valence-corrected chi connectivity index (χ3v) is 2.80.